The molecule has 1 amide bonds. The largest absolute Gasteiger partial charge is 0.416 e. The minimum absolute atomic E-state index is 0.00283. The zero-order chi connectivity index (χ0) is 18.4. The molecule has 0 radical (unpaired) electrons. The van der Waals surface area contributed by atoms with Gasteiger partial charge in [0.2, 0.25) is 5.91 Å². The lowest BCUT2D eigenvalue weighted by molar-refractivity contribution is -0.137. The van der Waals surface area contributed by atoms with E-state index in [-0.39, 0.29) is 24.4 Å². The second-order valence-corrected chi connectivity index (χ2v) is 5.85. The van der Waals surface area contributed by atoms with Crippen molar-refractivity contribution in [2.45, 2.75) is 12.6 Å². The summed E-state index contributed by atoms with van der Waals surface area (Å²) in [5.74, 6) is 4.85. The van der Waals surface area contributed by atoms with Crippen molar-refractivity contribution in [3.63, 3.8) is 0 Å². The third-order valence-corrected chi connectivity index (χ3v) is 3.90. The van der Waals surface area contributed by atoms with Crippen molar-refractivity contribution in [1.82, 2.24) is 5.32 Å². The Labute approximate surface area is 152 Å². The minimum Gasteiger partial charge on any atom is -0.345 e. The molecular weight excluding hydrogens is 374 g/mol. The van der Waals surface area contributed by atoms with Crippen molar-refractivity contribution >= 4 is 29.1 Å². The van der Waals surface area contributed by atoms with Crippen LogP contribution in [0.15, 0.2) is 42.5 Å². The summed E-state index contributed by atoms with van der Waals surface area (Å²) in [7, 11) is 0. The topological polar surface area (TPSA) is 29.1 Å². The summed E-state index contributed by atoms with van der Waals surface area (Å²) in [4.78, 5) is 11.9. The summed E-state index contributed by atoms with van der Waals surface area (Å²) >= 11 is 12.0. The van der Waals surface area contributed by atoms with Gasteiger partial charge in [0.15, 0.2) is 0 Å². The molecule has 2 aromatic carbocycles. The fraction of sp³-hybridized carbons (Fsp3) is 0.167. The van der Waals surface area contributed by atoms with E-state index in [0.717, 1.165) is 12.1 Å². The fourth-order valence-corrected chi connectivity index (χ4v) is 2.52. The maximum atomic E-state index is 12.6. The standard InChI is InChI=1S/C18H12Cl2F3NO/c19-15-7-2-8-16(20)14(15)11-17(25)24-9-3-5-12-4-1-6-13(10-12)18(21,22)23/h1-2,4,6-8,10H,9,11H2,(H,24,25). The van der Waals surface area contributed by atoms with Crippen molar-refractivity contribution in [2.24, 2.45) is 0 Å². The molecule has 2 aromatic rings. The molecular formula is C18H12Cl2F3NO. The van der Waals surface area contributed by atoms with Gasteiger partial charge in [0.05, 0.1) is 18.5 Å². The van der Waals surface area contributed by atoms with E-state index in [2.05, 4.69) is 17.2 Å². The van der Waals surface area contributed by atoms with Gasteiger partial charge in [-0.1, -0.05) is 47.2 Å². The molecule has 0 fully saturated rings. The average Bonchev–Trinajstić information content (AvgIpc) is 2.55. The zero-order valence-corrected chi connectivity index (χ0v) is 14.3. The van der Waals surface area contributed by atoms with E-state index in [9.17, 15) is 18.0 Å². The van der Waals surface area contributed by atoms with E-state index in [4.69, 9.17) is 23.2 Å². The van der Waals surface area contributed by atoms with Crippen molar-refractivity contribution in [2.75, 3.05) is 6.54 Å². The number of hydrogen-bond donors (Lipinski definition) is 1. The highest BCUT2D eigenvalue weighted by Crippen LogP contribution is 2.29. The van der Waals surface area contributed by atoms with Gasteiger partial charge in [0.1, 0.15) is 0 Å². The van der Waals surface area contributed by atoms with Crippen LogP contribution >= 0.6 is 23.2 Å². The minimum atomic E-state index is -4.42. The molecule has 1 N–H and O–H groups in total. The zero-order valence-electron chi connectivity index (χ0n) is 12.8. The van der Waals surface area contributed by atoms with Crippen molar-refractivity contribution in [3.8, 4) is 11.8 Å². The van der Waals surface area contributed by atoms with Crippen molar-refractivity contribution in [3.05, 3.63) is 69.2 Å². The molecule has 0 aliphatic carbocycles. The van der Waals surface area contributed by atoms with Gasteiger partial charge >= 0.3 is 6.18 Å². The molecule has 0 bridgehead atoms. The Morgan fingerprint density at radius 2 is 1.72 bits per heavy atom. The molecule has 7 heteroatoms. The molecule has 2 rings (SSSR count). The SMILES string of the molecule is O=C(Cc1c(Cl)cccc1Cl)NCC#Cc1cccc(C(F)(F)F)c1. The number of halogens is 5. The number of amides is 1. The first-order chi connectivity index (χ1) is 11.8. The van der Waals surface area contributed by atoms with Gasteiger partial charge in [-0.2, -0.15) is 13.2 Å². The lowest BCUT2D eigenvalue weighted by atomic mass is 10.1. The molecule has 0 spiro atoms. The van der Waals surface area contributed by atoms with E-state index in [1.54, 1.807) is 18.2 Å². The number of benzene rings is 2. The Bertz CT molecular complexity index is 818. The molecule has 25 heavy (non-hydrogen) atoms. The van der Waals surface area contributed by atoms with E-state index >= 15 is 0 Å². The van der Waals surface area contributed by atoms with Crippen LogP contribution in [0.2, 0.25) is 10.0 Å². The molecule has 0 saturated carbocycles. The molecule has 0 unspecified atom stereocenters. The molecule has 0 atom stereocenters. The third kappa shape index (κ3) is 5.70. The second-order valence-electron chi connectivity index (χ2n) is 5.03. The Balaban J connectivity index is 1.93. The lowest BCUT2D eigenvalue weighted by Crippen LogP contribution is -2.25. The average molecular weight is 386 g/mol. The number of nitrogens with one attached hydrogen (secondary N) is 1. The van der Waals surface area contributed by atoms with E-state index in [1.165, 1.54) is 12.1 Å². The smallest absolute Gasteiger partial charge is 0.345 e. The Hall–Kier alpha value is -2.16. The number of alkyl halides is 3. The molecule has 2 nitrogen and oxygen atoms in total. The Morgan fingerprint density at radius 3 is 2.36 bits per heavy atom. The molecule has 0 aromatic heterocycles. The van der Waals surface area contributed by atoms with E-state index < -0.39 is 11.7 Å². The predicted octanol–water partition coefficient (Wildman–Crippen LogP) is 4.72. The van der Waals surface area contributed by atoms with Crippen LogP contribution in [0.3, 0.4) is 0 Å². The summed E-state index contributed by atoms with van der Waals surface area (Å²) < 4.78 is 37.8. The normalized spacial score (nSPS) is 10.8. The van der Waals surface area contributed by atoms with Gasteiger partial charge in [-0.25, -0.2) is 0 Å². The van der Waals surface area contributed by atoms with Crippen LogP contribution in [0.5, 0.6) is 0 Å². The molecule has 0 heterocycles. The number of carbonyl (C=O) groups excluding carboxylic acids is 1. The van der Waals surface area contributed by atoms with Crippen molar-refractivity contribution < 1.29 is 18.0 Å². The number of rotatable bonds is 3. The summed E-state index contributed by atoms with van der Waals surface area (Å²) in [6, 6.07) is 9.61. The second kappa shape index (κ2) is 8.28. The number of carbonyl (C=O) groups is 1. The number of hydrogen-bond acceptors (Lipinski definition) is 1. The summed E-state index contributed by atoms with van der Waals surface area (Å²) in [5, 5.41) is 3.32. The first-order valence-corrected chi connectivity index (χ1v) is 7.88. The van der Waals surface area contributed by atoms with E-state index in [1.807, 2.05) is 0 Å². The third-order valence-electron chi connectivity index (χ3n) is 3.20. The van der Waals surface area contributed by atoms with Gasteiger partial charge in [-0.05, 0) is 35.9 Å². The maximum absolute atomic E-state index is 12.6. The van der Waals surface area contributed by atoms with E-state index in [0.29, 0.717) is 15.6 Å². The molecule has 0 saturated heterocycles. The van der Waals surface area contributed by atoms with Crippen LogP contribution in [-0.2, 0) is 17.4 Å². The van der Waals surface area contributed by atoms with Gasteiger partial charge in [-0.3, -0.25) is 4.79 Å². The van der Waals surface area contributed by atoms with Crippen LogP contribution in [0.25, 0.3) is 0 Å². The van der Waals surface area contributed by atoms with Crippen LogP contribution < -0.4 is 5.32 Å². The Morgan fingerprint density at radius 1 is 1.08 bits per heavy atom. The quantitative estimate of drug-likeness (QED) is 0.760. The molecule has 0 aliphatic heterocycles. The van der Waals surface area contributed by atoms with Crippen LogP contribution in [-0.4, -0.2) is 12.5 Å². The lowest BCUT2D eigenvalue weighted by Gasteiger charge is -2.06. The van der Waals surface area contributed by atoms with Crippen LogP contribution in [0, 0.1) is 11.8 Å². The Kier molecular flexibility index (Phi) is 6.35. The maximum Gasteiger partial charge on any atom is 0.416 e. The summed E-state index contributed by atoms with van der Waals surface area (Å²) in [6.45, 7) is -0.00283. The first kappa shape index (κ1) is 19.2. The van der Waals surface area contributed by atoms with Crippen molar-refractivity contribution in [1.29, 1.82) is 0 Å². The monoisotopic (exact) mass is 385 g/mol. The first-order valence-electron chi connectivity index (χ1n) is 7.13. The highest BCUT2D eigenvalue weighted by Gasteiger charge is 2.30. The fourth-order valence-electron chi connectivity index (χ4n) is 1.99. The van der Waals surface area contributed by atoms with Crippen LogP contribution in [0.4, 0.5) is 13.2 Å². The predicted molar refractivity (Wildman–Crippen MR) is 91.5 cm³/mol. The van der Waals surface area contributed by atoms with Gasteiger partial charge in [0, 0.05) is 15.6 Å². The van der Waals surface area contributed by atoms with Gasteiger partial charge < -0.3 is 5.32 Å². The summed E-state index contributed by atoms with van der Waals surface area (Å²) in [6.07, 6.45) is -4.43. The summed E-state index contributed by atoms with van der Waals surface area (Å²) in [5.41, 5.74) is -0.0379. The van der Waals surface area contributed by atoms with Gasteiger partial charge in [-0.15, -0.1) is 0 Å². The highest BCUT2D eigenvalue weighted by molar-refractivity contribution is 6.36. The van der Waals surface area contributed by atoms with Crippen LogP contribution in [0.1, 0.15) is 16.7 Å². The highest BCUT2D eigenvalue weighted by atomic mass is 35.5. The molecule has 0 aliphatic rings. The molecule has 130 valence electrons. The van der Waals surface area contributed by atoms with Gasteiger partial charge in [0.25, 0.3) is 0 Å².